The molecule has 112 valence electrons. The first-order chi connectivity index (χ1) is 9.26. The third-order valence-electron chi connectivity index (χ3n) is 2.55. The molecule has 5 nitrogen and oxygen atoms in total. The van der Waals surface area contributed by atoms with E-state index in [1.165, 1.54) is 0 Å². The Morgan fingerprint density at radius 1 is 1.20 bits per heavy atom. The van der Waals surface area contributed by atoms with Crippen LogP contribution in [0, 0.1) is 0 Å². The summed E-state index contributed by atoms with van der Waals surface area (Å²) < 4.78 is 52.6. The van der Waals surface area contributed by atoms with Gasteiger partial charge >= 0.3 is 12.1 Å². The van der Waals surface area contributed by atoms with Crippen LogP contribution in [0.25, 0.3) is 0 Å². The third kappa shape index (κ3) is 3.13. The van der Waals surface area contributed by atoms with Crippen molar-refractivity contribution in [2.75, 3.05) is 21.3 Å². The molecule has 1 N–H and O–H groups in total. The van der Waals surface area contributed by atoms with Crippen LogP contribution in [0.1, 0.15) is 17.2 Å². The van der Waals surface area contributed by atoms with E-state index in [9.17, 15) is 23.1 Å². The largest absolute Gasteiger partial charge is 0.493 e. The van der Waals surface area contributed by atoms with Crippen molar-refractivity contribution in [3.8, 4) is 11.5 Å². The lowest BCUT2D eigenvalue weighted by Crippen LogP contribution is -2.16. The van der Waals surface area contributed by atoms with Crippen molar-refractivity contribution in [3.05, 3.63) is 23.3 Å². The fourth-order valence-corrected chi connectivity index (χ4v) is 1.60. The van der Waals surface area contributed by atoms with E-state index in [4.69, 9.17) is 4.74 Å². The smallest absolute Gasteiger partial charge is 0.420 e. The molecular formula is C12H13F3O5. The maximum Gasteiger partial charge on any atom is 0.420 e. The van der Waals surface area contributed by atoms with E-state index in [1.807, 2.05) is 0 Å². The van der Waals surface area contributed by atoms with Crippen LogP contribution < -0.4 is 9.47 Å². The maximum atomic E-state index is 12.9. The average molecular weight is 294 g/mol. The van der Waals surface area contributed by atoms with Gasteiger partial charge in [-0.25, -0.2) is 4.79 Å². The highest BCUT2D eigenvalue weighted by Gasteiger charge is 2.37. The fourth-order valence-electron chi connectivity index (χ4n) is 1.60. The van der Waals surface area contributed by atoms with Crippen molar-refractivity contribution in [3.63, 3.8) is 0 Å². The molecule has 0 aromatic heterocycles. The van der Waals surface area contributed by atoms with Gasteiger partial charge in [0.15, 0.2) is 17.6 Å². The average Bonchev–Trinajstić information content (AvgIpc) is 2.42. The van der Waals surface area contributed by atoms with Crippen LogP contribution in [0.4, 0.5) is 13.2 Å². The summed E-state index contributed by atoms with van der Waals surface area (Å²) in [4.78, 5) is 11.2. The van der Waals surface area contributed by atoms with Crippen LogP contribution in [-0.2, 0) is 15.7 Å². The van der Waals surface area contributed by atoms with Gasteiger partial charge in [0.05, 0.1) is 21.3 Å². The predicted molar refractivity (Wildman–Crippen MR) is 61.5 cm³/mol. The summed E-state index contributed by atoms with van der Waals surface area (Å²) in [5, 5.41) is 9.62. The van der Waals surface area contributed by atoms with Gasteiger partial charge in [-0.05, 0) is 17.7 Å². The number of carbonyl (C=O) groups excluding carboxylic acids is 1. The Bertz CT molecular complexity index is 499. The number of halogens is 3. The predicted octanol–water partition coefficient (Wildman–Crippen LogP) is 1.93. The normalized spacial score (nSPS) is 12.8. The van der Waals surface area contributed by atoms with Crippen molar-refractivity contribution in [1.29, 1.82) is 0 Å². The van der Waals surface area contributed by atoms with Crippen LogP contribution in [-0.4, -0.2) is 32.4 Å². The van der Waals surface area contributed by atoms with Crippen molar-refractivity contribution >= 4 is 5.97 Å². The monoisotopic (exact) mass is 294 g/mol. The van der Waals surface area contributed by atoms with Gasteiger partial charge < -0.3 is 19.3 Å². The highest BCUT2D eigenvalue weighted by Crippen LogP contribution is 2.43. The summed E-state index contributed by atoms with van der Waals surface area (Å²) in [6, 6.07) is 1.69. The molecule has 0 amide bonds. The number of carbonyl (C=O) groups is 1. The number of esters is 1. The molecule has 0 aliphatic rings. The van der Waals surface area contributed by atoms with Crippen LogP contribution in [0.3, 0.4) is 0 Å². The Morgan fingerprint density at radius 3 is 2.20 bits per heavy atom. The van der Waals surface area contributed by atoms with E-state index < -0.39 is 29.6 Å². The molecule has 0 spiro atoms. The topological polar surface area (TPSA) is 65.0 Å². The maximum absolute atomic E-state index is 12.9. The molecule has 1 aromatic rings. The van der Waals surface area contributed by atoms with E-state index in [0.29, 0.717) is 6.07 Å². The van der Waals surface area contributed by atoms with E-state index in [2.05, 4.69) is 9.47 Å². The van der Waals surface area contributed by atoms with Crippen molar-refractivity contribution < 1.29 is 37.3 Å². The summed E-state index contributed by atoms with van der Waals surface area (Å²) in [6.07, 6.45) is -6.58. The van der Waals surface area contributed by atoms with Crippen LogP contribution in [0.15, 0.2) is 12.1 Å². The number of aliphatic hydroxyl groups is 1. The van der Waals surface area contributed by atoms with E-state index in [1.54, 1.807) is 0 Å². The van der Waals surface area contributed by atoms with Gasteiger partial charge in [-0.2, -0.15) is 13.2 Å². The van der Waals surface area contributed by atoms with E-state index in [-0.39, 0.29) is 11.3 Å². The van der Waals surface area contributed by atoms with Gasteiger partial charge in [0.1, 0.15) is 5.56 Å². The van der Waals surface area contributed by atoms with Crippen LogP contribution >= 0.6 is 0 Å². The second kappa shape index (κ2) is 6.00. The first-order valence-electron chi connectivity index (χ1n) is 5.35. The van der Waals surface area contributed by atoms with Crippen molar-refractivity contribution in [2.45, 2.75) is 12.3 Å². The lowest BCUT2D eigenvalue weighted by molar-refractivity contribution is -0.151. The molecule has 0 saturated carbocycles. The molecule has 1 aromatic carbocycles. The Morgan fingerprint density at radius 2 is 1.80 bits per heavy atom. The van der Waals surface area contributed by atoms with Crippen molar-refractivity contribution in [2.24, 2.45) is 0 Å². The third-order valence-corrected chi connectivity index (χ3v) is 2.55. The summed E-state index contributed by atoms with van der Waals surface area (Å²) in [6.45, 7) is 0. The highest BCUT2D eigenvalue weighted by molar-refractivity contribution is 5.76. The minimum absolute atomic E-state index is 0.250. The number of alkyl halides is 3. The lowest BCUT2D eigenvalue weighted by Gasteiger charge is -2.18. The zero-order valence-corrected chi connectivity index (χ0v) is 10.9. The van der Waals surface area contributed by atoms with Gasteiger partial charge in [0.25, 0.3) is 0 Å². The van der Waals surface area contributed by atoms with Crippen molar-refractivity contribution in [1.82, 2.24) is 0 Å². The van der Waals surface area contributed by atoms with Gasteiger partial charge in [-0.1, -0.05) is 0 Å². The highest BCUT2D eigenvalue weighted by atomic mass is 19.4. The summed E-state index contributed by atoms with van der Waals surface area (Å²) >= 11 is 0. The fraction of sp³-hybridized carbons (Fsp3) is 0.417. The van der Waals surface area contributed by atoms with Gasteiger partial charge in [0, 0.05) is 0 Å². The van der Waals surface area contributed by atoms with Gasteiger partial charge in [0.2, 0.25) is 0 Å². The standard InChI is InChI=1S/C12H13F3O5/c1-18-8-5-6(9(16)11(17)20-3)4-7(10(8)19-2)12(13,14)15/h4-5,9,16H,1-3H3. The Balaban J connectivity index is 3.47. The molecule has 1 unspecified atom stereocenters. The minimum Gasteiger partial charge on any atom is -0.493 e. The molecule has 0 fully saturated rings. The molecule has 0 aliphatic carbocycles. The second-order valence-corrected chi connectivity index (χ2v) is 3.73. The molecule has 0 bridgehead atoms. The zero-order chi connectivity index (χ0) is 15.5. The zero-order valence-electron chi connectivity index (χ0n) is 10.9. The minimum atomic E-state index is -4.73. The van der Waals surface area contributed by atoms with Gasteiger partial charge in [-0.15, -0.1) is 0 Å². The Kier molecular flexibility index (Phi) is 4.83. The summed E-state index contributed by atoms with van der Waals surface area (Å²) in [7, 11) is 3.22. The molecule has 1 atom stereocenters. The SMILES string of the molecule is COC(=O)C(O)c1cc(OC)c(OC)c(C(F)(F)F)c1. The lowest BCUT2D eigenvalue weighted by atomic mass is 10.0. The molecule has 0 radical (unpaired) electrons. The van der Waals surface area contributed by atoms with E-state index in [0.717, 1.165) is 27.4 Å². The second-order valence-electron chi connectivity index (χ2n) is 3.73. The number of rotatable bonds is 4. The van der Waals surface area contributed by atoms with Crippen LogP contribution in [0.5, 0.6) is 11.5 Å². The van der Waals surface area contributed by atoms with E-state index >= 15 is 0 Å². The summed E-state index contributed by atoms with van der Waals surface area (Å²) in [5.74, 6) is -1.86. The first-order valence-corrected chi connectivity index (χ1v) is 5.35. The molecule has 1 rings (SSSR count). The molecule has 0 heterocycles. The molecule has 0 aliphatic heterocycles. The number of ether oxygens (including phenoxy) is 3. The van der Waals surface area contributed by atoms with Crippen LogP contribution in [0.2, 0.25) is 0 Å². The molecular weight excluding hydrogens is 281 g/mol. The number of methoxy groups -OCH3 is 3. The Hall–Kier alpha value is -1.96. The summed E-state index contributed by atoms with van der Waals surface area (Å²) in [5.41, 5.74) is -1.46. The number of hydrogen-bond acceptors (Lipinski definition) is 5. The quantitative estimate of drug-likeness (QED) is 0.860. The first kappa shape index (κ1) is 16.1. The Labute approximate surface area is 112 Å². The number of aliphatic hydroxyl groups excluding tert-OH is 1. The molecule has 20 heavy (non-hydrogen) atoms. The number of benzene rings is 1. The number of hydrogen-bond donors (Lipinski definition) is 1. The molecule has 8 heteroatoms. The molecule has 0 saturated heterocycles. The van der Waals surface area contributed by atoms with Gasteiger partial charge in [-0.3, -0.25) is 0 Å².